The second-order valence-electron chi connectivity index (χ2n) is 3.12. The van der Waals surface area contributed by atoms with E-state index in [1.54, 1.807) is 0 Å². The van der Waals surface area contributed by atoms with Crippen LogP contribution in [0.2, 0.25) is 0 Å². The molecule has 0 saturated carbocycles. The van der Waals surface area contributed by atoms with Crippen molar-refractivity contribution in [1.82, 2.24) is 0 Å². The van der Waals surface area contributed by atoms with Gasteiger partial charge in [0.15, 0.2) is 0 Å². The molecule has 73 valence electrons. The topological polar surface area (TPSA) is 0 Å². The van der Waals surface area contributed by atoms with Gasteiger partial charge in [-0.1, -0.05) is 24.3 Å². The summed E-state index contributed by atoms with van der Waals surface area (Å²) in [5, 5.41) is 0. The van der Waals surface area contributed by atoms with E-state index in [1.165, 1.54) is 22.3 Å². The van der Waals surface area contributed by atoms with Crippen LogP contribution < -0.4 is 0 Å². The van der Waals surface area contributed by atoms with Gasteiger partial charge in [0.2, 0.25) is 0 Å². The molecular weight excluding hydrogens is 382 g/mol. The predicted octanol–water partition coefficient (Wildman–Crippen LogP) is 4.26. The minimum atomic E-state index is -0.972. The van der Waals surface area contributed by atoms with Crippen molar-refractivity contribution < 1.29 is 20.5 Å². The maximum atomic E-state index is 4.96. The SMILES string of the molecule is Cc1ccc(C)c2c1[CH]C=C2.[Cl][Hf][Cl]. The van der Waals surface area contributed by atoms with E-state index >= 15 is 0 Å². The van der Waals surface area contributed by atoms with Gasteiger partial charge in [-0.05, 0) is 36.1 Å². The molecular formula is C11H11Cl2Hf. The van der Waals surface area contributed by atoms with Crippen LogP contribution in [0, 0.1) is 20.3 Å². The molecule has 1 aromatic carbocycles. The number of hydrogen-bond donors (Lipinski definition) is 0. The van der Waals surface area contributed by atoms with Crippen molar-refractivity contribution in [2.24, 2.45) is 0 Å². The number of hydrogen-bond acceptors (Lipinski definition) is 0. The fourth-order valence-corrected chi connectivity index (χ4v) is 1.54. The summed E-state index contributed by atoms with van der Waals surface area (Å²) in [6, 6.07) is 4.36. The van der Waals surface area contributed by atoms with E-state index in [9.17, 15) is 0 Å². The average Bonchev–Trinajstić information content (AvgIpc) is 2.62. The van der Waals surface area contributed by atoms with E-state index in [0.29, 0.717) is 0 Å². The van der Waals surface area contributed by atoms with Crippen molar-refractivity contribution in [3.8, 4) is 0 Å². The predicted molar refractivity (Wildman–Crippen MR) is 60.1 cm³/mol. The molecule has 14 heavy (non-hydrogen) atoms. The van der Waals surface area contributed by atoms with E-state index in [1.807, 2.05) is 0 Å². The fraction of sp³-hybridized carbons (Fsp3) is 0.182. The summed E-state index contributed by atoms with van der Waals surface area (Å²) in [6.45, 7) is 4.31. The Morgan fingerprint density at radius 3 is 2.00 bits per heavy atom. The molecule has 1 aromatic rings. The summed E-state index contributed by atoms with van der Waals surface area (Å²) in [7, 11) is 9.92. The van der Waals surface area contributed by atoms with Crippen LogP contribution in [0.5, 0.6) is 0 Å². The molecule has 0 atom stereocenters. The van der Waals surface area contributed by atoms with Gasteiger partial charge in [-0.15, -0.1) is 0 Å². The number of fused-ring (bicyclic) bond motifs is 1. The monoisotopic (exact) mass is 393 g/mol. The van der Waals surface area contributed by atoms with E-state index < -0.39 is 20.5 Å². The van der Waals surface area contributed by atoms with Crippen LogP contribution in [-0.2, 0) is 20.5 Å². The van der Waals surface area contributed by atoms with Crippen molar-refractivity contribution in [1.29, 1.82) is 0 Å². The van der Waals surface area contributed by atoms with Crippen molar-refractivity contribution in [3.63, 3.8) is 0 Å². The van der Waals surface area contributed by atoms with Crippen LogP contribution in [-0.4, -0.2) is 0 Å². The van der Waals surface area contributed by atoms with Crippen LogP contribution in [0.4, 0.5) is 0 Å². The molecule has 0 amide bonds. The van der Waals surface area contributed by atoms with Gasteiger partial charge in [-0.25, -0.2) is 0 Å². The van der Waals surface area contributed by atoms with Crippen LogP contribution in [0.3, 0.4) is 0 Å². The van der Waals surface area contributed by atoms with E-state index in [2.05, 4.69) is 44.6 Å². The Balaban J connectivity index is 0.000000293. The van der Waals surface area contributed by atoms with Gasteiger partial charge in [0.05, 0.1) is 0 Å². The molecule has 2 rings (SSSR count). The van der Waals surface area contributed by atoms with Crippen LogP contribution in [0.1, 0.15) is 22.3 Å². The normalized spacial score (nSPS) is 11.7. The van der Waals surface area contributed by atoms with Gasteiger partial charge >= 0.3 is 37.7 Å². The third-order valence-electron chi connectivity index (χ3n) is 2.25. The van der Waals surface area contributed by atoms with Gasteiger partial charge < -0.3 is 0 Å². The molecule has 1 aliphatic rings. The van der Waals surface area contributed by atoms with Gasteiger partial charge in [0.25, 0.3) is 0 Å². The van der Waals surface area contributed by atoms with Crippen molar-refractivity contribution >= 4 is 23.2 Å². The number of allylic oxidation sites excluding steroid dienone is 1. The molecule has 0 N–H and O–H groups in total. The molecule has 0 unspecified atom stereocenters. The van der Waals surface area contributed by atoms with Gasteiger partial charge in [0, 0.05) is 6.42 Å². The Kier molecular flexibility index (Phi) is 5.43. The first-order chi connectivity index (χ1) is 6.70. The molecule has 0 saturated heterocycles. The van der Waals surface area contributed by atoms with Gasteiger partial charge in [-0.2, -0.15) is 0 Å². The average molecular weight is 393 g/mol. The van der Waals surface area contributed by atoms with E-state index in [4.69, 9.17) is 17.2 Å². The van der Waals surface area contributed by atoms with Crippen molar-refractivity contribution in [3.05, 3.63) is 46.9 Å². The molecule has 1 radical (unpaired) electrons. The molecule has 3 heteroatoms. The maximum absolute atomic E-state index is 4.96. The summed E-state index contributed by atoms with van der Waals surface area (Å²) in [5.41, 5.74) is 5.53. The Morgan fingerprint density at radius 2 is 1.50 bits per heavy atom. The molecule has 0 aliphatic heterocycles. The summed E-state index contributed by atoms with van der Waals surface area (Å²) in [5.74, 6) is 0. The standard InChI is InChI=1S/C11H11.2ClH.Hf/c1-8-6-7-9(2)11-5-3-4-10(8)11;;;/h3-7H,1-2H3;2*1H;/q;;;+2/p-2. The third-order valence-corrected chi connectivity index (χ3v) is 2.25. The molecule has 0 heterocycles. The molecule has 0 spiro atoms. The first-order valence-corrected chi connectivity index (χ1v) is 13.2. The minimum absolute atomic E-state index is 0.972. The third kappa shape index (κ3) is 2.95. The zero-order valence-electron chi connectivity index (χ0n) is 8.14. The van der Waals surface area contributed by atoms with Crippen LogP contribution in [0.25, 0.3) is 6.08 Å². The summed E-state index contributed by atoms with van der Waals surface area (Å²) < 4.78 is 0. The molecule has 0 fully saturated rings. The molecule has 0 aromatic heterocycles. The number of rotatable bonds is 0. The molecule has 1 aliphatic carbocycles. The second kappa shape index (κ2) is 6.09. The van der Waals surface area contributed by atoms with Crippen molar-refractivity contribution in [2.75, 3.05) is 0 Å². The number of aryl methyl sites for hydroxylation is 2. The summed E-state index contributed by atoms with van der Waals surface area (Å²) in [6.07, 6.45) is 6.47. The first-order valence-electron chi connectivity index (χ1n) is 4.28. The second-order valence-corrected chi connectivity index (χ2v) is 8.31. The quantitative estimate of drug-likeness (QED) is 0.579. The zero-order valence-corrected chi connectivity index (χ0v) is 13.2. The fourth-order valence-electron chi connectivity index (χ4n) is 1.54. The number of benzene rings is 1. The van der Waals surface area contributed by atoms with E-state index in [0.717, 1.165) is 0 Å². The Labute approximate surface area is 104 Å². The Hall–Kier alpha value is 0.410. The van der Waals surface area contributed by atoms with Crippen LogP contribution in [0.15, 0.2) is 18.2 Å². The summed E-state index contributed by atoms with van der Waals surface area (Å²) >= 11 is -0.972. The first kappa shape index (κ1) is 12.5. The Morgan fingerprint density at radius 1 is 1.00 bits per heavy atom. The number of halogens is 2. The van der Waals surface area contributed by atoms with Crippen LogP contribution >= 0.6 is 17.2 Å². The summed E-state index contributed by atoms with van der Waals surface area (Å²) in [4.78, 5) is 0. The Bertz CT molecular complexity index is 345. The van der Waals surface area contributed by atoms with Crippen molar-refractivity contribution in [2.45, 2.75) is 13.8 Å². The van der Waals surface area contributed by atoms with Gasteiger partial charge in [0.1, 0.15) is 0 Å². The van der Waals surface area contributed by atoms with E-state index in [-0.39, 0.29) is 0 Å². The zero-order chi connectivity index (χ0) is 10.6. The molecule has 0 nitrogen and oxygen atoms in total. The molecule has 0 bridgehead atoms. The van der Waals surface area contributed by atoms with Gasteiger partial charge in [-0.3, -0.25) is 0 Å².